The van der Waals surface area contributed by atoms with Crippen LogP contribution in [0.2, 0.25) is 0 Å². The van der Waals surface area contributed by atoms with Crippen molar-refractivity contribution in [3.8, 4) is 0 Å². The summed E-state index contributed by atoms with van der Waals surface area (Å²) >= 11 is 1.62. The quantitative estimate of drug-likeness (QED) is 0.386. The lowest BCUT2D eigenvalue weighted by molar-refractivity contribution is -0.135. The summed E-state index contributed by atoms with van der Waals surface area (Å²) in [6.07, 6.45) is 1.11. The zero-order valence-electron chi connectivity index (χ0n) is 22.0. The fourth-order valence-electron chi connectivity index (χ4n) is 4.44. The van der Waals surface area contributed by atoms with Crippen LogP contribution < -0.4 is 5.73 Å². The normalized spacial score (nSPS) is 22.0. The molecule has 0 radical (unpaired) electrons. The number of hydrogen-bond donors (Lipinski definition) is 1. The van der Waals surface area contributed by atoms with Crippen molar-refractivity contribution in [1.29, 1.82) is 0 Å². The molecule has 1 aromatic rings. The number of benzene rings is 1. The minimum absolute atomic E-state index is 0.130. The fourth-order valence-corrected chi connectivity index (χ4v) is 5.83. The smallest absolute Gasteiger partial charge is 0.381 e. The third-order valence-electron chi connectivity index (χ3n) is 6.35. The summed E-state index contributed by atoms with van der Waals surface area (Å²) in [6, 6.07) is 8.05. The molecule has 3 rings (SSSR count). The lowest BCUT2D eigenvalue weighted by Crippen LogP contribution is -2.46. The van der Waals surface area contributed by atoms with Crippen LogP contribution >= 0.6 is 11.9 Å². The number of carbonyl (C=O) groups is 1. The van der Waals surface area contributed by atoms with Gasteiger partial charge in [-0.15, -0.1) is 0 Å². The van der Waals surface area contributed by atoms with E-state index in [0.29, 0.717) is 25.4 Å². The van der Waals surface area contributed by atoms with Gasteiger partial charge < -0.3 is 10.5 Å². The van der Waals surface area contributed by atoms with Crippen molar-refractivity contribution >= 4 is 17.9 Å². The Morgan fingerprint density at radius 2 is 1.69 bits per heavy atom. The molecule has 1 unspecified atom stereocenters. The van der Waals surface area contributed by atoms with Crippen LogP contribution in [0.25, 0.3) is 0 Å². The predicted octanol–water partition coefficient (Wildman–Crippen LogP) is 7.27. The molecule has 0 saturated carbocycles. The molecule has 1 atom stereocenters. The Hall–Kier alpha value is -1.25. The Morgan fingerprint density at radius 3 is 2.26 bits per heavy atom. The second-order valence-corrected chi connectivity index (χ2v) is 10.2. The van der Waals surface area contributed by atoms with E-state index in [1.54, 1.807) is 11.9 Å². The SMILES string of the molecule is CC.CC.NC(=O)C1(SN2CCC(c3ccc(CCCC(F)(F)F)cc3)CC2)CCCCOCC1. The van der Waals surface area contributed by atoms with Crippen molar-refractivity contribution < 1.29 is 22.7 Å². The van der Waals surface area contributed by atoms with E-state index < -0.39 is 17.3 Å². The summed E-state index contributed by atoms with van der Waals surface area (Å²) < 4.78 is 44.2. The minimum Gasteiger partial charge on any atom is -0.381 e. The number of carbonyl (C=O) groups excluding carboxylic acids is 1. The summed E-state index contributed by atoms with van der Waals surface area (Å²) in [5, 5.41) is 0. The van der Waals surface area contributed by atoms with Gasteiger partial charge >= 0.3 is 6.18 Å². The molecule has 8 heteroatoms. The van der Waals surface area contributed by atoms with Crippen molar-refractivity contribution in [3.05, 3.63) is 35.4 Å². The number of piperidine rings is 1. The summed E-state index contributed by atoms with van der Waals surface area (Å²) in [5.41, 5.74) is 8.02. The van der Waals surface area contributed by atoms with Gasteiger partial charge in [-0.05, 0) is 68.4 Å². The fraction of sp³-hybridized carbons (Fsp3) is 0.741. The van der Waals surface area contributed by atoms with Crippen LogP contribution in [0.15, 0.2) is 24.3 Å². The molecule has 0 bridgehead atoms. The molecule has 0 spiro atoms. The van der Waals surface area contributed by atoms with Crippen molar-refractivity contribution in [1.82, 2.24) is 4.31 Å². The van der Waals surface area contributed by atoms with E-state index in [-0.39, 0.29) is 12.3 Å². The van der Waals surface area contributed by atoms with E-state index in [0.717, 1.165) is 57.4 Å². The number of aryl methyl sites for hydroxylation is 1. The number of nitrogens with two attached hydrogens (primary N) is 1. The molecular formula is C27H45F3N2O2S. The highest BCUT2D eigenvalue weighted by Gasteiger charge is 2.40. The van der Waals surface area contributed by atoms with Gasteiger partial charge in [0.05, 0.1) is 0 Å². The number of hydrogen-bond acceptors (Lipinski definition) is 4. The van der Waals surface area contributed by atoms with Gasteiger partial charge in [0, 0.05) is 32.7 Å². The molecule has 2 heterocycles. The molecule has 1 amide bonds. The third kappa shape index (κ3) is 11.1. The Bertz CT molecular complexity index is 697. The summed E-state index contributed by atoms with van der Waals surface area (Å²) in [4.78, 5) is 12.3. The van der Waals surface area contributed by atoms with Gasteiger partial charge in [-0.3, -0.25) is 4.79 Å². The largest absolute Gasteiger partial charge is 0.389 e. The van der Waals surface area contributed by atoms with E-state index in [2.05, 4.69) is 16.4 Å². The van der Waals surface area contributed by atoms with Crippen LogP contribution in [0.4, 0.5) is 13.2 Å². The first-order valence-corrected chi connectivity index (χ1v) is 14.0. The maximum atomic E-state index is 12.3. The standard InChI is InChI=1S/C23H33F3N2O2S.2C2H6/c24-23(25,26)12-3-4-18-5-7-19(8-6-18)20-9-14-28(15-10-20)31-22(21(27)29)11-1-2-16-30-17-13-22;2*1-2/h5-8,20H,1-4,9-17H2,(H2,27,29);2*1-2H3. The predicted molar refractivity (Wildman–Crippen MR) is 140 cm³/mol. The highest BCUT2D eigenvalue weighted by molar-refractivity contribution is 7.99. The van der Waals surface area contributed by atoms with Crippen LogP contribution in [0.1, 0.15) is 96.1 Å². The van der Waals surface area contributed by atoms with Crippen molar-refractivity contribution in [2.24, 2.45) is 5.73 Å². The first-order valence-electron chi connectivity index (χ1n) is 13.2. The molecule has 2 aliphatic rings. The van der Waals surface area contributed by atoms with Crippen molar-refractivity contribution in [3.63, 3.8) is 0 Å². The van der Waals surface area contributed by atoms with E-state index in [1.807, 2.05) is 39.8 Å². The van der Waals surface area contributed by atoms with Crippen LogP contribution in [-0.4, -0.2) is 47.4 Å². The molecule has 0 aliphatic carbocycles. The highest BCUT2D eigenvalue weighted by atomic mass is 32.2. The molecule has 35 heavy (non-hydrogen) atoms. The van der Waals surface area contributed by atoms with Gasteiger partial charge in [-0.2, -0.15) is 13.2 Å². The van der Waals surface area contributed by atoms with Crippen LogP contribution in [0.5, 0.6) is 0 Å². The van der Waals surface area contributed by atoms with Gasteiger partial charge in [0.1, 0.15) is 4.75 Å². The number of nitrogens with zero attached hydrogens (tertiary/aromatic N) is 1. The van der Waals surface area contributed by atoms with Gasteiger partial charge in [0.2, 0.25) is 5.91 Å². The van der Waals surface area contributed by atoms with E-state index in [1.165, 1.54) is 5.56 Å². The van der Waals surface area contributed by atoms with Crippen molar-refractivity contribution in [2.75, 3.05) is 26.3 Å². The van der Waals surface area contributed by atoms with Crippen LogP contribution in [0, 0.1) is 0 Å². The maximum Gasteiger partial charge on any atom is 0.389 e. The number of rotatable bonds is 7. The molecular weight excluding hydrogens is 473 g/mol. The lowest BCUT2D eigenvalue weighted by Gasteiger charge is -2.39. The first-order chi connectivity index (χ1) is 16.8. The van der Waals surface area contributed by atoms with E-state index in [9.17, 15) is 18.0 Å². The maximum absolute atomic E-state index is 12.3. The topological polar surface area (TPSA) is 55.6 Å². The number of primary amides is 1. The lowest BCUT2D eigenvalue weighted by atomic mass is 9.89. The molecule has 2 saturated heterocycles. The van der Waals surface area contributed by atoms with E-state index in [4.69, 9.17) is 10.5 Å². The Labute approximate surface area is 214 Å². The zero-order valence-corrected chi connectivity index (χ0v) is 22.8. The molecule has 2 N–H and O–H groups in total. The average molecular weight is 519 g/mol. The van der Waals surface area contributed by atoms with Crippen LogP contribution in [-0.2, 0) is 16.0 Å². The van der Waals surface area contributed by atoms with Crippen LogP contribution in [0.3, 0.4) is 0 Å². The molecule has 4 nitrogen and oxygen atoms in total. The molecule has 0 aromatic heterocycles. The van der Waals surface area contributed by atoms with Gasteiger partial charge in [-0.1, -0.05) is 63.9 Å². The second kappa shape index (κ2) is 16.5. The minimum atomic E-state index is -4.08. The first kappa shape index (κ1) is 31.8. The average Bonchev–Trinajstić information content (AvgIpc) is 2.83. The van der Waals surface area contributed by atoms with Gasteiger partial charge in [0.15, 0.2) is 0 Å². The van der Waals surface area contributed by atoms with E-state index >= 15 is 0 Å². The second-order valence-electron chi connectivity index (χ2n) is 8.68. The Kier molecular flexibility index (Phi) is 15.0. The summed E-state index contributed by atoms with van der Waals surface area (Å²) in [7, 11) is 0. The Morgan fingerprint density at radius 1 is 1.06 bits per heavy atom. The molecule has 1 aromatic carbocycles. The number of halogens is 3. The summed E-state index contributed by atoms with van der Waals surface area (Å²) in [5.74, 6) is 0.192. The van der Waals surface area contributed by atoms with Gasteiger partial charge in [0.25, 0.3) is 0 Å². The number of amides is 1. The monoisotopic (exact) mass is 518 g/mol. The summed E-state index contributed by atoms with van der Waals surface area (Å²) in [6.45, 7) is 11.1. The number of ether oxygens (including phenoxy) is 1. The number of alkyl halides is 3. The third-order valence-corrected chi connectivity index (χ3v) is 7.94. The van der Waals surface area contributed by atoms with Crippen molar-refractivity contribution in [2.45, 2.75) is 102 Å². The zero-order chi connectivity index (χ0) is 26.3. The van der Waals surface area contributed by atoms with Gasteiger partial charge in [-0.25, -0.2) is 4.31 Å². The highest BCUT2D eigenvalue weighted by Crippen LogP contribution is 2.41. The molecule has 2 aliphatic heterocycles. The molecule has 2 fully saturated rings. The molecule has 202 valence electrons. The Balaban J connectivity index is 0.00000145.